The van der Waals surface area contributed by atoms with Crippen LogP contribution in [-0.2, 0) is 0 Å². The zero-order chi connectivity index (χ0) is 22.2. The molecule has 2 aliphatic heterocycles. The summed E-state index contributed by atoms with van der Waals surface area (Å²) in [6.07, 6.45) is 0. The molecule has 6 aromatic carbocycles. The first kappa shape index (κ1) is 18.2. The highest BCUT2D eigenvalue weighted by Gasteiger charge is 2.42. The van der Waals surface area contributed by atoms with Gasteiger partial charge in [-0.25, -0.2) is 0 Å². The van der Waals surface area contributed by atoms with Crippen molar-refractivity contribution in [3.05, 3.63) is 121 Å². The van der Waals surface area contributed by atoms with Crippen LogP contribution in [-0.4, -0.2) is 6.85 Å². The molecule has 0 radical (unpaired) electrons. The van der Waals surface area contributed by atoms with E-state index in [9.17, 15) is 0 Å². The third-order valence-corrected chi connectivity index (χ3v) is 7.64. The van der Waals surface area contributed by atoms with E-state index in [0.29, 0.717) is 0 Å². The van der Waals surface area contributed by atoms with Crippen LogP contribution >= 0.6 is 0 Å². The van der Waals surface area contributed by atoms with Gasteiger partial charge in [0.1, 0.15) is 0 Å². The summed E-state index contributed by atoms with van der Waals surface area (Å²) in [4.78, 5) is 2.58. The van der Waals surface area contributed by atoms with Crippen molar-refractivity contribution in [3.63, 3.8) is 0 Å². The minimum Gasteiger partial charge on any atom is -0.376 e. The van der Waals surface area contributed by atoms with Crippen LogP contribution < -0.4 is 15.7 Å². The predicted octanol–water partition coefficient (Wildman–Crippen LogP) is 6.90. The molecular formula is C32H20BN. The topological polar surface area (TPSA) is 3.24 Å². The number of benzene rings is 6. The van der Waals surface area contributed by atoms with Gasteiger partial charge in [-0.05, 0) is 55.7 Å². The van der Waals surface area contributed by atoms with Gasteiger partial charge in [0, 0.05) is 22.5 Å². The van der Waals surface area contributed by atoms with Crippen LogP contribution in [0.1, 0.15) is 0 Å². The minimum absolute atomic E-state index is 0.138. The van der Waals surface area contributed by atoms with E-state index in [2.05, 4.69) is 126 Å². The van der Waals surface area contributed by atoms with Gasteiger partial charge in [-0.15, -0.1) is 0 Å². The maximum Gasteiger partial charge on any atom is 0.329 e. The first-order valence-electron chi connectivity index (χ1n) is 11.9. The van der Waals surface area contributed by atoms with Gasteiger partial charge >= 0.3 is 6.85 Å². The van der Waals surface area contributed by atoms with Crippen LogP contribution in [0, 0.1) is 0 Å². The van der Waals surface area contributed by atoms with E-state index in [-0.39, 0.29) is 6.85 Å². The fraction of sp³-hybridized carbons (Fsp3) is 0. The number of para-hydroxylation sites is 1. The number of anilines is 2. The lowest BCUT2D eigenvalue weighted by Crippen LogP contribution is -2.59. The second-order valence-corrected chi connectivity index (χ2v) is 9.31. The molecule has 2 heteroatoms. The van der Waals surface area contributed by atoms with Gasteiger partial charge in [0.25, 0.3) is 0 Å². The van der Waals surface area contributed by atoms with Gasteiger partial charge in [0.05, 0.1) is 0 Å². The van der Waals surface area contributed by atoms with Crippen LogP contribution in [0.15, 0.2) is 121 Å². The molecule has 0 bridgehead atoms. The Balaban J connectivity index is 1.55. The van der Waals surface area contributed by atoms with Crippen molar-refractivity contribution in [2.24, 2.45) is 0 Å². The van der Waals surface area contributed by atoms with E-state index in [1.807, 2.05) is 0 Å². The maximum absolute atomic E-state index is 2.58. The summed E-state index contributed by atoms with van der Waals surface area (Å²) in [5, 5.41) is 5.22. The quantitative estimate of drug-likeness (QED) is 0.238. The first-order valence-corrected chi connectivity index (χ1v) is 11.9. The number of hydrogen-bond donors (Lipinski definition) is 0. The van der Waals surface area contributed by atoms with Crippen molar-refractivity contribution in [1.82, 2.24) is 0 Å². The molecule has 2 aliphatic rings. The smallest absolute Gasteiger partial charge is 0.329 e. The maximum atomic E-state index is 2.58. The Hall–Kier alpha value is -4.30. The Kier molecular flexibility index (Phi) is 3.54. The molecule has 0 aromatic heterocycles. The molecule has 1 nitrogen and oxygen atoms in total. The fourth-order valence-electron chi connectivity index (χ4n) is 6.27. The zero-order valence-corrected chi connectivity index (χ0v) is 18.6. The number of nitrogens with zero attached hydrogens (tertiary/aromatic N) is 1. The lowest BCUT2D eigenvalue weighted by Gasteiger charge is -2.44. The molecule has 6 aromatic rings. The van der Waals surface area contributed by atoms with Gasteiger partial charge in [-0.1, -0.05) is 109 Å². The summed E-state index contributed by atoms with van der Waals surface area (Å²) < 4.78 is 0. The summed E-state index contributed by atoms with van der Waals surface area (Å²) >= 11 is 0. The lowest BCUT2D eigenvalue weighted by molar-refractivity contribution is 1.36. The van der Waals surface area contributed by atoms with E-state index in [0.717, 1.165) is 0 Å². The molecule has 8 rings (SSSR count). The van der Waals surface area contributed by atoms with E-state index in [1.54, 1.807) is 0 Å². The molecular weight excluding hydrogens is 409 g/mol. The second kappa shape index (κ2) is 6.62. The van der Waals surface area contributed by atoms with Crippen molar-refractivity contribution < 1.29 is 0 Å². The third-order valence-electron chi connectivity index (χ3n) is 7.64. The van der Waals surface area contributed by atoms with Crippen LogP contribution in [0.3, 0.4) is 0 Å². The summed E-state index contributed by atoms with van der Waals surface area (Å²) in [7, 11) is 0. The van der Waals surface area contributed by atoms with Crippen LogP contribution in [0.4, 0.5) is 11.4 Å². The van der Waals surface area contributed by atoms with Crippen molar-refractivity contribution in [2.45, 2.75) is 0 Å². The summed E-state index contributed by atoms with van der Waals surface area (Å²) in [6.45, 7) is 0.138. The Morgan fingerprint density at radius 3 is 1.85 bits per heavy atom. The normalized spacial score (nSPS) is 13.2. The summed E-state index contributed by atoms with van der Waals surface area (Å²) in [5.74, 6) is 0. The fourth-order valence-corrected chi connectivity index (χ4v) is 6.27. The molecule has 0 fully saturated rings. The van der Waals surface area contributed by atoms with Gasteiger partial charge in [-0.2, -0.15) is 0 Å². The molecule has 156 valence electrons. The average Bonchev–Trinajstić information content (AvgIpc) is 2.92. The largest absolute Gasteiger partial charge is 0.376 e. The number of fused-ring (bicyclic) bond motifs is 15. The Morgan fingerprint density at radius 2 is 1.03 bits per heavy atom. The molecule has 0 amide bonds. The van der Waals surface area contributed by atoms with E-state index in [1.165, 1.54) is 66.1 Å². The molecule has 34 heavy (non-hydrogen) atoms. The van der Waals surface area contributed by atoms with Crippen molar-refractivity contribution in [2.75, 3.05) is 4.81 Å². The monoisotopic (exact) mass is 429 g/mol. The molecule has 0 unspecified atom stereocenters. The molecule has 0 aliphatic carbocycles. The summed E-state index contributed by atoms with van der Waals surface area (Å²) in [5.41, 5.74) is 10.7. The standard InChI is InChI=1S/C32H20BN/c1-3-11-23-21(9-1)17-19-28-31(23)26-14-6-8-16-29(26)34-30-20-18-22-10-2-4-12-24(22)32(30)25-13-5-7-15-27(25)33(28)34/h1-20H. The van der Waals surface area contributed by atoms with Crippen LogP contribution in [0.25, 0.3) is 43.8 Å². The Bertz CT molecular complexity index is 1650. The molecule has 0 spiro atoms. The minimum atomic E-state index is 0.138. The summed E-state index contributed by atoms with van der Waals surface area (Å²) in [6, 6.07) is 44.7. The SMILES string of the molecule is c1ccc2c(c1)B1c3ccc4ccccc4c3-c3ccccc3N1c1ccc3ccccc3c1-2. The molecule has 0 saturated heterocycles. The van der Waals surface area contributed by atoms with Gasteiger partial charge < -0.3 is 4.81 Å². The Morgan fingerprint density at radius 1 is 0.412 bits per heavy atom. The molecule has 0 atom stereocenters. The number of hydrogen-bond acceptors (Lipinski definition) is 1. The average molecular weight is 429 g/mol. The third kappa shape index (κ3) is 2.25. The molecule has 2 heterocycles. The van der Waals surface area contributed by atoms with Crippen molar-refractivity contribution >= 4 is 50.7 Å². The predicted molar refractivity (Wildman–Crippen MR) is 146 cm³/mol. The van der Waals surface area contributed by atoms with Gasteiger partial charge in [0.15, 0.2) is 0 Å². The zero-order valence-electron chi connectivity index (χ0n) is 18.6. The van der Waals surface area contributed by atoms with Crippen molar-refractivity contribution in [3.8, 4) is 22.3 Å². The highest BCUT2D eigenvalue weighted by molar-refractivity contribution is 6.92. The Labute approximate surface area is 199 Å². The van der Waals surface area contributed by atoms with Crippen LogP contribution in [0.2, 0.25) is 0 Å². The van der Waals surface area contributed by atoms with Crippen LogP contribution in [0.5, 0.6) is 0 Å². The van der Waals surface area contributed by atoms with Crippen molar-refractivity contribution in [1.29, 1.82) is 0 Å². The second-order valence-electron chi connectivity index (χ2n) is 9.31. The lowest BCUT2D eigenvalue weighted by atomic mass is 9.43. The van der Waals surface area contributed by atoms with Gasteiger partial charge in [0.2, 0.25) is 0 Å². The van der Waals surface area contributed by atoms with E-state index >= 15 is 0 Å². The molecule has 0 saturated carbocycles. The first-order chi connectivity index (χ1) is 16.9. The van der Waals surface area contributed by atoms with E-state index < -0.39 is 0 Å². The van der Waals surface area contributed by atoms with Gasteiger partial charge in [-0.3, -0.25) is 0 Å². The molecule has 0 N–H and O–H groups in total. The highest BCUT2D eigenvalue weighted by Crippen LogP contribution is 2.48. The number of rotatable bonds is 0. The highest BCUT2D eigenvalue weighted by atomic mass is 15.1. The van der Waals surface area contributed by atoms with E-state index in [4.69, 9.17) is 0 Å².